The first-order chi connectivity index (χ1) is 14.1. The van der Waals surface area contributed by atoms with Gasteiger partial charge >= 0.3 is 0 Å². The molecule has 8 heteroatoms. The van der Waals surface area contributed by atoms with Crippen LogP contribution in [0.3, 0.4) is 0 Å². The molecule has 0 N–H and O–H groups in total. The molecule has 0 spiro atoms. The van der Waals surface area contributed by atoms with Gasteiger partial charge in [0.05, 0.1) is 5.39 Å². The molecule has 0 radical (unpaired) electrons. The van der Waals surface area contributed by atoms with Crippen LogP contribution in [-0.4, -0.2) is 60.3 Å². The van der Waals surface area contributed by atoms with Crippen LogP contribution < -0.4 is 10.5 Å². The average Bonchev–Trinajstić information content (AvgIpc) is 3.12. The lowest BCUT2D eigenvalue weighted by atomic mass is 9.97. The molecule has 3 heterocycles. The predicted octanol–water partition coefficient (Wildman–Crippen LogP) is 2.43. The summed E-state index contributed by atoms with van der Waals surface area (Å²) in [6.45, 7) is 5.58. The van der Waals surface area contributed by atoms with E-state index in [0.29, 0.717) is 32.7 Å². The second-order valence-corrected chi connectivity index (χ2v) is 9.00. The minimum absolute atomic E-state index is 0.0184. The highest BCUT2D eigenvalue weighted by molar-refractivity contribution is 7.18. The molecule has 4 rings (SSSR count). The van der Waals surface area contributed by atoms with Crippen LogP contribution in [0.4, 0.5) is 5.95 Å². The second kappa shape index (κ2) is 8.83. The summed E-state index contributed by atoms with van der Waals surface area (Å²) in [7, 11) is 1.54. The van der Waals surface area contributed by atoms with E-state index in [9.17, 15) is 9.59 Å². The van der Waals surface area contributed by atoms with Crippen molar-refractivity contribution in [3.63, 3.8) is 0 Å². The Labute approximate surface area is 175 Å². The van der Waals surface area contributed by atoms with Gasteiger partial charge in [0.2, 0.25) is 11.9 Å². The zero-order valence-electron chi connectivity index (χ0n) is 17.4. The fourth-order valence-electron chi connectivity index (χ4n) is 4.36. The third-order valence-electron chi connectivity index (χ3n) is 5.97. The molecule has 1 saturated heterocycles. The van der Waals surface area contributed by atoms with Crippen LogP contribution in [0.5, 0.6) is 0 Å². The first-order valence-corrected chi connectivity index (χ1v) is 11.5. The van der Waals surface area contributed by atoms with E-state index in [2.05, 4.69) is 11.8 Å². The maximum atomic E-state index is 13.5. The van der Waals surface area contributed by atoms with Gasteiger partial charge in [0.15, 0.2) is 0 Å². The molecule has 1 amide bonds. The number of carbonyl (C=O) groups is 1. The molecule has 2 aliphatic rings. The molecule has 1 aliphatic heterocycles. The van der Waals surface area contributed by atoms with E-state index in [-0.39, 0.29) is 18.1 Å². The van der Waals surface area contributed by atoms with E-state index >= 15 is 0 Å². The summed E-state index contributed by atoms with van der Waals surface area (Å²) in [5.41, 5.74) is 1.37. The molecule has 1 fully saturated rings. The predicted molar refractivity (Wildman–Crippen MR) is 116 cm³/mol. The molecular weight excluding hydrogens is 388 g/mol. The highest BCUT2D eigenvalue weighted by Gasteiger charge is 2.27. The van der Waals surface area contributed by atoms with Gasteiger partial charge in [0, 0.05) is 44.7 Å². The van der Waals surface area contributed by atoms with Crippen LogP contribution >= 0.6 is 11.3 Å². The monoisotopic (exact) mass is 418 g/mol. The van der Waals surface area contributed by atoms with Crippen LogP contribution in [0.25, 0.3) is 10.2 Å². The van der Waals surface area contributed by atoms with Gasteiger partial charge < -0.3 is 14.5 Å². The Balaban J connectivity index is 1.68. The minimum Gasteiger partial charge on any atom is -0.375 e. The molecule has 0 saturated carbocycles. The largest absolute Gasteiger partial charge is 0.375 e. The van der Waals surface area contributed by atoms with Gasteiger partial charge in [0.1, 0.15) is 11.4 Å². The molecule has 2 aromatic heterocycles. The van der Waals surface area contributed by atoms with Gasteiger partial charge in [-0.25, -0.2) is 4.98 Å². The number of carbonyl (C=O) groups excluding carboxylic acids is 1. The van der Waals surface area contributed by atoms with Crippen molar-refractivity contribution < 1.29 is 9.53 Å². The van der Waals surface area contributed by atoms with Crippen molar-refractivity contribution in [2.24, 2.45) is 0 Å². The van der Waals surface area contributed by atoms with Crippen LogP contribution in [0, 0.1) is 0 Å². The Bertz CT molecular complexity index is 944. The lowest BCUT2D eigenvalue weighted by Gasteiger charge is -2.36. The van der Waals surface area contributed by atoms with Crippen LogP contribution in [-0.2, 0) is 28.9 Å². The zero-order valence-corrected chi connectivity index (χ0v) is 18.2. The summed E-state index contributed by atoms with van der Waals surface area (Å²) in [5, 5.41) is 0.860. The SMILES string of the molecule is CCCCn1c(N2CCN(C(=O)COC)CC2)nc2sc3c(c2c1=O)CCCC3. The average molecular weight is 419 g/mol. The number of piperazine rings is 1. The third-order valence-corrected chi connectivity index (χ3v) is 7.16. The maximum Gasteiger partial charge on any atom is 0.263 e. The highest BCUT2D eigenvalue weighted by Crippen LogP contribution is 2.34. The lowest BCUT2D eigenvalue weighted by Crippen LogP contribution is -2.51. The summed E-state index contributed by atoms with van der Waals surface area (Å²) in [4.78, 5) is 36.9. The molecule has 1 aliphatic carbocycles. The van der Waals surface area contributed by atoms with Gasteiger partial charge in [-0.1, -0.05) is 13.3 Å². The fraction of sp³-hybridized carbons (Fsp3) is 0.667. The van der Waals surface area contributed by atoms with Crippen molar-refractivity contribution in [3.05, 3.63) is 20.8 Å². The summed E-state index contributed by atoms with van der Waals surface area (Å²) < 4.78 is 6.86. The number of hydrogen-bond donors (Lipinski definition) is 0. The van der Waals surface area contributed by atoms with Gasteiger partial charge in [-0.3, -0.25) is 14.2 Å². The number of nitrogens with zero attached hydrogens (tertiary/aromatic N) is 4. The second-order valence-electron chi connectivity index (χ2n) is 7.91. The molecular formula is C21H30N4O3S. The van der Waals surface area contributed by atoms with E-state index in [1.165, 1.54) is 16.9 Å². The topological polar surface area (TPSA) is 67.7 Å². The van der Waals surface area contributed by atoms with Gasteiger partial charge in [-0.2, -0.15) is 0 Å². The van der Waals surface area contributed by atoms with Crippen molar-refractivity contribution in [3.8, 4) is 0 Å². The van der Waals surface area contributed by atoms with E-state index in [1.54, 1.807) is 18.4 Å². The van der Waals surface area contributed by atoms with Gasteiger partial charge in [-0.05, 0) is 37.7 Å². The van der Waals surface area contributed by atoms with Crippen LogP contribution in [0.2, 0.25) is 0 Å². The number of aryl methyl sites for hydroxylation is 2. The lowest BCUT2D eigenvalue weighted by molar-refractivity contribution is -0.135. The number of thiophene rings is 1. The van der Waals surface area contributed by atoms with Crippen LogP contribution in [0.1, 0.15) is 43.0 Å². The standard InChI is InChI=1S/C21H30N4O3S/c1-3-4-9-25-20(27)18-15-7-5-6-8-16(15)29-19(18)22-21(25)24-12-10-23(11-13-24)17(26)14-28-2/h3-14H2,1-2H3. The Hall–Kier alpha value is -1.93. The molecule has 158 valence electrons. The Morgan fingerprint density at radius 2 is 1.93 bits per heavy atom. The molecule has 2 aromatic rings. The number of unbranched alkanes of at least 4 members (excludes halogenated alkanes) is 1. The molecule has 7 nitrogen and oxygen atoms in total. The van der Waals surface area contributed by atoms with E-state index in [4.69, 9.17) is 9.72 Å². The van der Waals surface area contributed by atoms with Crippen molar-refractivity contribution in [2.75, 3.05) is 44.8 Å². The first kappa shape index (κ1) is 20.3. The number of ether oxygens (including phenoxy) is 1. The fourth-order valence-corrected chi connectivity index (χ4v) is 5.60. The van der Waals surface area contributed by atoms with Crippen molar-refractivity contribution in [2.45, 2.75) is 52.0 Å². The number of methoxy groups -OCH3 is 1. The molecule has 0 aromatic carbocycles. The summed E-state index contributed by atoms with van der Waals surface area (Å²) in [5.74, 6) is 0.790. The number of rotatable bonds is 6. The number of amides is 1. The molecule has 0 atom stereocenters. The Morgan fingerprint density at radius 1 is 1.17 bits per heavy atom. The first-order valence-electron chi connectivity index (χ1n) is 10.7. The molecule has 29 heavy (non-hydrogen) atoms. The normalized spacial score (nSPS) is 17.0. The number of anilines is 1. The van der Waals surface area contributed by atoms with E-state index < -0.39 is 0 Å². The quantitative estimate of drug-likeness (QED) is 0.721. The Morgan fingerprint density at radius 3 is 2.66 bits per heavy atom. The van der Waals surface area contributed by atoms with Crippen molar-refractivity contribution >= 4 is 33.4 Å². The van der Waals surface area contributed by atoms with Gasteiger partial charge in [0.25, 0.3) is 5.56 Å². The Kier molecular flexibility index (Phi) is 6.20. The molecule has 0 bridgehead atoms. The maximum absolute atomic E-state index is 13.5. The smallest absolute Gasteiger partial charge is 0.263 e. The van der Waals surface area contributed by atoms with Crippen molar-refractivity contribution in [1.29, 1.82) is 0 Å². The number of aromatic nitrogens is 2. The van der Waals surface area contributed by atoms with Crippen LogP contribution in [0.15, 0.2) is 4.79 Å². The summed E-state index contributed by atoms with van der Waals surface area (Å²) in [6.07, 6.45) is 6.42. The highest BCUT2D eigenvalue weighted by atomic mass is 32.1. The summed E-state index contributed by atoms with van der Waals surface area (Å²) >= 11 is 1.70. The number of hydrogen-bond acceptors (Lipinski definition) is 6. The summed E-state index contributed by atoms with van der Waals surface area (Å²) in [6, 6.07) is 0. The zero-order chi connectivity index (χ0) is 20.4. The van der Waals surface area contributed by atoms with Gasteiger partial charge in [-0.15, -0.1) is 11.3 Å². The minimum atomic E-state index is 0.0184. The molecule has 0 unspecified atom stereocenters. The number of fused-ring (bicyclic) bond motifs is 3. The third kappa shape index (κ3) is 3.92. The van der Waals surface area contributed by atoms with E-state index in [1.807, 2.05) is 9.47 Å². The van der Waals surface area contributed by atoms with E-state index in [0.717, 1.165) is 48.3 Å². The van der Waals surface area contributed by atoms with Crippen molar-refractivity contribution in [1.82, 2.24) is 14.5 Å².